The number of hydrogen-bond acceptors (Lipinski definition) is 7. The van der Waals surface area contributed by atoms with Gasteiger partial charge in [0.2, 0.25) is 15.3 Å². The first-order valence-electron chi connectivity index (χ1n) is 8.23. The molecule has 0 saturated heterocycles. The number of halogens is 1. The third-order valence-electron chi connectivity index (χ3n) is 4.36. The number of fused-ring (bicyclic) bond motifs is 1. The van der Waals surface area contributed by atoms with Gasteiger partial charge in [-0.15, -0.1) is 0 Å². The molecule has 8 nitrogen and oxygen atoms in total. The predicted molar refractivity (Wildman–Crippen MR) is 105 cm³/mol. The number of nitrogen functional groups attached to an aromatic ring is 1. The van der Waals surface area contributed by atoms with Crippen LogP contribution in [0.1, 0.15) is 19.4 Å². The van der Waals surface area contributed by atoms with E-state index in [2.05, 4.69) is 9.97 Å². The molecule has 2 heterocycles. The van der Waals surface area contributed by atoms with Gasteiger partial charge in [-0.05, 0) is 42.4 Å². The Hall–Kier alpha value is -2.10. The van der Waals surface area contributed by atoms with Crippen molar-refractivity contribution in [3.05, 3.63) is 35.2 Å². The van der Waals surface area contributed by atoms with Crippen molar-refractivity contribution in [2.45, 2.75) is 30.1 Å². The van der Waals surface area contributed by atoms with E-state index >= 15 is 0 Å². The molecule has 1 aromatic heterocycles. The molecule has 0 spiro atoms. The van der Waals surface area contributed by atoms with Crippen LogP contribution in [0.3, 0.4) is 0 Å². The third kappa shape index (κ3) is 3.17. The Labute approximate surface area is 170 Å². The van der Waals surface area contributed by atoms with E-state index in [0.717, 1.165) is 4.31 Å². The Kier molecular flexibility index (Phi) is 5.20. The predicted octanol–water partition coefficient (Wildman–Crippen LogP) is 0.782. The van der Waals surface area contributed by atoms with Crippen molar-refractivity contribution in [1.29, 1.82) is 0 Å². The summed E-state index contributed by atoms with van der Waals surface area (Å²) in [4.78, 5) is 19.8. The first-order chi connectivity index (χ1) is 13.0. The van der Waals surface area contributed by atoms with Gasteiger partial charge in [0, 0.05) is 5.56 Å². The average Bonchev–Trinajstić information content (AvgIpc) is 2.78. The molecule has 0 fully saturated rings. The normalized spacial score (nSPS) is 18.4. The van der Waals surface area contributed by atoms with Crippen molar-refractivity contribution in [2.24, 2.45) is 0 Å². The lowest BCUT2D eigenvalue weighted by Gasteiger charge is -2.35. The van der Waals surface area contributed by atoms with Crippen molar-refractivity contribution in [3.63, 3.8) is 0 Å². The minimum atomic E-state index is -4.20. The molecule has 1 atom stereocenters. The highest BCUT2D eigenvalue weighted by Gasteiger charge is 2.51. The van der Waals surface area contributed by atoms with Crippen LogP contribution in [-0.2, 0) is 24.9 Å². The summed E-state index contributed by atoms with van der Waals surface area (Å²) in [5.41, 5.74) is 6.86. The summed E-state index contributed by atoms with van der Waals surface area (Å²) in [6.45, 7) is 3.06. The van der Waals surface area contributed by atoms with Gasteiger partial charge in [0.05, 0.1) is 44.8 Å². The molecule has 0 amide bonds. The van der Waals surface area contributed by atoms with Gasteiger partial charge in [0.25, 0.3) is 0 Å². The summed E-state index contributed by atoms with van der Waals surface area (Å²) in [6.07, 6.45) is 1.32. The Morgan fingerprint density at radius 2 is 2.11 bits per heavy atom. The van der Waals surface area contributed by atoms with Crippen LogP contribution in [0.2, 0.25) is 5.28 Å². The maximum Gasteiger partial charge on any atom is 0.324 e. The number of nitrogens with zero attached hydrogens (tertiary/aromatic N) is 3. The number of hydrogen-bond donors (Lipinski definition) is 1. The monoisotopic (exact) mass is 416 g/mol. The van der Waals surface area contributed by atoms with E-state index in [9.17, 15) is 13.2 Å². The van der Waals surface area contributed by atoms with Gasteiger partial charge in [-0.1, -0.05) is 12.1 Å². The van der Waals surface area contributed by atoms with Gasteiger partial charge in [-0.2, -0.15) is 4.31 Å². The number of ether oxygens (including phenoxy) is 1. The minimum absolute atomic E-state index is 0.0443. The molecule has 0 aliphatic carbocycles. The van der Waals surface area contributed by atoms with Crippen LogP contribution in [0.15, 0.2) is 29.3 Å². The smallest absolute Gasteiger partial charge is 0.324 e. The second kappa shape index (κ2) is 7.06. The maximum absolute atomic E-state index is 13.2. The molecule has 28 heavy (non-hydrogen) atoms. The Morgan fingerprint density at radius 3 is 2.75 bits per heavy atom. The van der Waals surface area contributed by atoms with Crippen molar-refractivity contribution >= 4 is 49.0 Å². The summed E-state index contributed by atoms with van der Waals surface area (Å²) in [5, 5.41) is -1.98. The van der Waals surface area contributed by atoms with E-state index in [1.165, 1.54) is 25.3 Å². The second-order valence-corrected chi connectivity index (χ2v) is 8.33. The van der Waals surface area contributed by atoms with E-state index in [-0.39, 0.29) is 33.7 Å². The van der Waals surface area contributed by atoms with E-state index in [1.807, 2.05) is 0 Å². The summed E-state index contributed by atoms with van der Waals surface area (Å²) in [6, 6.07) is 3.13. The molecule has 3 rings (SSSR count). The van der Waals surface area contributed by atoms with E-state index in [4.69, 9.17) is 37.8 Å². The SMILES string of the molecule is [B]C1([B])c2ccc(-c3nc(Cl)ncc3N)cc2S(=O)(=O)N1[C@H](C)C(=O)OCC. The lowest BCUT2D eigenvalue weighted by atomic mass is 9.57. The van der Waals surface area contributed by atoms with Gasteiger partial charge in [-0.25, -0.2) is 18.4 Å². The van der Waals surface area contributed by atoms with Crippen LogP contribution in [0.25, 0.3) is 11.3 Å². The van der Waals surface area contributed by atoms with Gasteiger partial charge < -0.3 is 10.5 Å². The van der Waals surface area contributed by atoms with Crippen LogP contribution in [0, 0.1) is 0 Å². The fourth-order valence-corrected chi connectivity index (χ4v) is 5.25. The first-order valence-corrected chi connectivity index (χ1v) is 10.1. The van der Waals surface area contributed by atoms with Gasteiger partial charge in [0.1, 0.15) is 6.04 Å². The topological polar surface area (TPSA) is 115 Å². The van der Waals surface area contributed by atoms with E-state index in [0.29, 0.717) is 5.56 Å². The molecule has 142 valence electrons. The average molecular weight is 416 g/mol. The van der Waals surface area contributed by atoms with Crippen LogP contribution in [0.4, 0.5) is 5.69 Å². The van der Waals surface area contributed by atoms with E-state index < -0.39 is 27.4 Å². The molecule has 0 bridgehead atoms. The highest BCUT2D eigenvalue weighted by Crippen LogP contribution is 2.43. The van der Waals surface area contributed by atoms with Crippen molar-refractivity contribution in [3.8, 4) is 11.3 Å². The summed E-state index contributed by atoms with van der Waals surface area (Å²) in [7, 11) is 8.06. The second-order valence-electron chi connectivity index (χ2n) is 6.21. The van der Waals surface area contributed by atoms with Gasteiger partial charge >= 0.3 is 5.97 Å². The number of anilines is 1. The molecule has 12 heteroatoms. The van der Waals surface area contributed by atoms with Crippen LogP contribution in [-0.4, -0.2) is 57.0 Å². The van der Waals surface area contributed by atoms with Crippen molar-refractivity contribution in [2.75, 3.05) is 12.3 Å². The molecule has 1 aliphatic heterocycles. The lowest BCUT2D eigenvalue weighted by molar-refractivity contribution is -0.147. The zero-order valence-electron chi connectivity index (χ0n) is 15.1. The highest BCUT2D eigenvalue weighted by atomic mass is 35.5. The Bertz CT molecular complexity index is 1060. The Morgan fingerprint density at radius 1 is 1.43 bits per heavy atom. The number of carbonyl (C=O) groups is 1. The molecule has 2 N–H and O–H groups in total. The molecule has 0 saturated carbocycles. The number of benzene rings is 1. The van der Waals surface area contributed by atoms with Crippen molar-refractivity contribution in [1.82, 2.24) is 14.3 Å². The zero-order valence-corrected chi connectivity index (χ0v) is 16.7. The number of nitrogens with two attached hydrogens (primary N) is 1. The maximum atomic E-state index is 13.2. The summed E-state index contributed by atoms with van der Waals surface area (Å²) >= 11 is 5.82. The molecule has 4 radical (unpaired) electrons. The van der Waals surface area contributed by atoms with Crippen LogP contribution >= 0.6 is 11.6 Å². The molecule has 0 unspecified atom stereocenters. The summed E-state index contributed by atoms with van der Waals surface area (Å²) < 4.78 is 32.0. The molecule has 1 aliphatic rings. The van der Waals surface area contributed by atoms with Crippen LogP contribution < -0.4 is 5.73 Å². The van der Waals surface area contributed by atoms with Crippen molar-refractivity contribution < 1.29 is 17.9 Å². The molecular formula is C16H15B2ClN4O4S. The lowest BCUT2D eigenvalue weighted by Crippen LogP contribution is -2.52. The Balaban J connectivity index is 2.15. The summed E-state index contributed by atoms with van der Waals surface area (Å²) in [5.74, 6) is -0.758. The molecule has 2 aromatic rings. The number of carbonyl (C=O) groups excluding carboxylic acids is 1. The van der Waals surface area contributed by atoms with E-state index in [1.54, 1.807) is 13.0 Å². The van der Waals surface area contributed by atoms with Crippen LogP contribution in [0.5, 0.6) is 0 Å². The fraction of sp³-hybridized carbons (Fsp3) is 0.312. The standard InChI is InChI=1S/C16H15B2ClN4O4S/c1-3-27-14(24)8(2)23-16(17,18)10-5-4-9(6-12(10)28(23,25)26)13-11(20)7-21-15(19)22-13/h4-8H,3,20H2,1-2H3/t8-/m1/s1. The minimum Gasteiger partial charge on any atom is -0.465 e. The third-order valence-corrected chi connectivity index (χ3v) is 6.57. The number of aromatic nitrogens is 2. The number of sulfonamides is 1. The highest BCUT2D eigenvalue weighted by molar-refractivity contribution is 7.89. The molecular weight excluding hydrogens is 401 g/mol. The number of rotatable bonds is 4. The first kappa shape index (κ1) is 20.6. The number of esters is 1. The fourth-order valence-electron chi connectivity index (χ4n) is 3.13. The van der Waals surface area contributed by atoms with Gasteiger partial charge in [0.15, 0.2) is 0 Å². The quantitative estimate of drug-likeness (QED) is 0.445. The zero-order chi connectivity index (χ0) is 20.9. The molecule has 1 aromatic carbocycles. The van der Waals surface area contributed by atoms with Gasteiger partial charge in [-0.3, -0.25) is 4.79 Å². The largest absolute Gasteiger partial charge is 0.465 e.